The van der Waals surface area contributed by atoms with Crippen molar-refractivity contribution in [3.05, 3.63) is 29.6 Å². The molecule has 1 aliphatic rings. The summed E-state index contributed by atoms with van der Waals surface area (Å²) in [5.41, 5.74) is 1.02. The molecule has 0 heterocycles. The second-order valence-electron chi connectivity index (χ2n) is 4.37. The second-order valence-corrected chi connectivity index (χ2v) is 4.37. The summed E-state index contributed by atoms with van der Waals surface area (Å²) in [6.45, 7) is 2.03. The predicted octanol–water partition coefficient (Wildman–Crippen LogP) is 2.38. The van der Waals surface area contributed by atoms with Crippen molar-refractivity contribution in [3.63, 3.8) is 0 Å². The Kier molecular flexibility index (Phi) is 3.78. The van der Waals surface area contributed by atoms with Crippen LogP contribution >= 0.6 is 0 Å². The SMILES string of the molecule is COc1ccc(CCNCC2CC2)cc1F. The van der Waals surface area contributed by atoms with Gasteiger partial charge in [0.15, 0.2) is 11.6 Å². The lowest BCUT2D eigenvalue weighted by atomic mass is 10.1. The number of benzene rings is 1. The summed E-state index contributed by atoms with van der Waals surface area (Å²) in [5.74, 6) is 0.935. The quantitative estimate of drug-likeness (QED) is 0.748. The Labute approximate surface area is 95.8 Å². The maximum atomic E-state index is 13.4. The molecule has 1 aliphatic carbocycles. The van der Waals surface area contributed by atoms with E-state index >= 15 is 0 Å². The highest BCUT2D eigenvalue weighted by molar-refractivity contribution is 5.29. The highest BCUT2D eigenvalue weighted by atomic mass is 19.1. The third-order valence-corrected chi connectivity index (χ3v) is 2.94. The zero-order valence-electron chi connectivity index (χ0n) is 9.63. The van der Waals surface area contributed by atoms with Gasteiger partial charge in [0.05, 0.1) is 7.11 Å². The lowest BCUT2D eigenvalue weighted by Crippen LogP contribution is -2.19. The van der Waals surface area contributed by atoms with Gasteiger partial charge in [0.25, 0.3) is 0 Å². The molecule has 0 radical (unpaired) electrons. The van der Waals surface area contributed by atoms with Crippen molar-refractivity contribution < 1.29 is 9.13 Å². The molecule has 0 amide bonds. The fourth-order valence-electron chi connectivity index (χ4n) is 1.73. The largest absolute Gasteiger partial charge is 0.494 e. The van der Waals surface area contributed by atoms with Crippen molar-refractivity contribution in [1.29, 1.82) is 0 Å². The van der Waals surface area contributed by atoms with Crippen LogP contribution in [0, 0.1) is 11.7 Å². The van der Waals surface area contributed by atoms with Crippen molar-refractivity contribution in [2.24, 2.45) is 5.92 Å². The van der Waals surface area contributed by atoms with Gasteiger partial charge in [-0.1, -0.05) is 6.07 Å². The Balaban J connectivity index is 1.77. The molecule has 1 aromatic rings. The molecular weight excluding hydrogens is 205 g/mol. The van der Waals surface area contributed by atoms with Gasteiger partial charge >= 0.3 is 0 Å². The molecule has 2 nitrogen and oxygen atoms in total. The Bertz CT molecular complexity index is 350. The molecule has 88 valence electrons. The van der Waals surface area contributed by atoms with Gasteiger partial charge in [-0.15, -0.1) is 0 Å². The number of methoxy groups -OCH3 is 1. The third-order valence-electron chi connectivity index (χ3n) is 2.94. The van der Waals surface area contributed by atoms with Crippen LogP contribution in [0.5, 0.6) is 5.75 Å². The average molecular weight is 223 g/mol. The van der Waals surface area contributed by atoms with Gasteiger partial charge in [0, 0.05) is 0 Å². The fourth-order valence-corrected chi connectivity index (χ4v) is 1.73. The van der Waals surface area contributed by atoms with Crippen LogP contribution in [0.3, 0.4) is 0 Å². The molecule has 1 aromatic carbocycles. The van der Waals surface area contributed by atoms with E-state index in [1.54, 1.807) is 12.1 Å². The number of nitrogens with one attached hydrogen (secondary N) is 1. The summed E-state index contributed by atoms with van der Waals surface area (Å²) in [6.07, 6.45) is 3.60. The van der Waals surface area contributed by atoms with Crippen molar-refractivity contribution in [2.75, 3.05) is 20.2 Å². The molecule has 0 aliphatic heterocycles. The molecule has 1 fully saturated rings. The van der Waals surface area contributed by atoms with Crippen LogP contribution in [-0.2, 0) is 6.42 Å². The summed E-state index contributed by atoms with van der Waals surface area (Å²) in [4.78, 5) is 0. The number of halogens is 1. The number of hydrogen-bond donors (Lipinski definition) is 1. The van der Waals surface area contributed by atoms with Crippen LogP contribution in [0.1, 0.15) is 18.4 Å². The molecule has 0 saturated heterocycles. The van der Waals surface area contributed by atoms with Crippen LogP contribution in [0.15, 0.2) is 18.2 Å². The smallest absolute Gasteiger partial charge is 0.165 e. The maximum Gasteiger partial charge on any atom is 0.165 e. The maximum absolute atomic E-state index is 13.4. The first-order valence-electron chi connectivity index (χ1n) is 5.82. The van der Waals surface area contributed by atoms with Crippen LogP contribution in [0.4, 0.5) is 4.39 Å². The molecule has 1 saturated carbocycles. The lowest BCUT2D eigenvalue weighted by molar-refractivity contribution is 0.386. The summed E-state index contributed by atoms with van der Waals surface area (Å²) in [5, 5.41) is 3.39. The zero-order chi connectivity index (χ0) is 11.4. The second kappa shape index (κ2) is 5.30. The third kappa shape index (κ3) is 3.20. The summed E-state index contributed by atoms with van der Waals surface area (Å²) in [6, 6.07) is 5.16. The van der Waals surface area contributed by atoms with Gasteiger partial charge in [0.1, 0.15) is 0 Å². The molecule has 0 unspecified atom stereocenters. The molecule has 0 atom stereocenters. The zero-order valence-corrected chi connectivity index (χ0v) is 9.63. The fraction of sp³-hybridized carbons (Fsp3) is 0.538. The number of hydrogen-bond acceptors (Lipinski definition) is 2. The van der Waals surface area contributed by atoms with Crippen molar-refractivity contribution >= 4 is 0 Å². The van der Waals surface area contributed by atoms with Crippen LogP contribution in [-0.4, -0.2) is 20.2 Å². The number of rotatable bonds is 6. The minimum atomic E-state index is -0.276. The minimum absolute atomic E-state index is 0.276. The molecule has 0 aromatic heterocycles. The molecular formula is C13H18FNO. The van der Waals surface area contributed by atoms with E-state index in [1.807, 2.05) is 6.07 Å². The summed E-state index contributed by atoms with van der Waals surface area (Å²) >= 11 is 0. The first-order chi connectivity index (χ1) is 7.79. The Morgan fingerprint density at radius 1 is 1.44 bits per heavy atom. The monoisotopic (exact) mass is 223 g/mol. The van der Waals surface area contributed by atoms with Gasteiger partial charge < -0.3 is 10.1 Å². The first-order valence-corrected chi connectivity index (χ1v) is 5.82. The Morgan fingerprint density at radius 2 is 2.25 bits per heavy atom. The summed E-state index contributed by atoms with van der Waals surface area (Å²) in [7, 11) is 1.48. The topological polar surface area (TPSA) is 21.3 Å². The summed E-state index contributed by atoms with van der Waals surface area (Å²) < 4.78 is 18.2. The molecule has 16 heavy (non-hydrogen) atoms. The van der Waals surface area contributed by atoms with Gasteiger partial charge in [-0.05, 0) is 56.0 Å². The average Bonchev–Trinajstić information content (AvgIpc) is 3.08. The first kappa shape index (κ1) is 11.4. The van der Waals surface area contributed by atoms with E-state index in [1.165, 1.54) is 20.0 Å². The van der Waals surface area contributed by atoms with E-state index < -0.39 is 0 Å². The van der Waals surface area contributed by atoms with Gasteiger partial charge in [-0.25, -0.2) is 4.39 Å². The van der Waals surface area contributed by atoms with E-state index in [0.29, 0.717) is 5.75 Å². The number of ether oxygens (including phenoxy) is 1. The highest BCUT2D eigenvalue weighted by Crippen LogP contribution is 2.27. The van der Waals surface area contributed by atoms with Crippen LogP contribution in [0.25, 0.3) is 0 Å². The van der Waals surface area contributed by atoms with E-state index in [2.05, 4.69) is 5.32 Å². The molecule has 3 heteroatoms. The molecule has 0 spiro atoms. The Hall–Kier alpha value is -1.09. The van der Waals surface area contributed by atoms with Gasteiger partial charge in [0.2, 0.25) is 0 Å². The molecule has 1 N–H and O–H groups in total. The van der Waals surface area contributed by atoms with Gasteiger partial charge in [-0.3, -0.25) is 0 Å². The van der Waals surface area contributed by atoms with Crippen molar-refractivity contribution in [3.8, 4) is 5.75 Å². The molecule has 2 rings (SSSR count). The normalized spacial score (nSPS) is 15.1. The van der Waals surface area contributed by atoms with Crippen LogP contribution in [0.2, 0.25) is 0 Å². The van der Waals surface area contributed by atoms with E-state index in [4.69, 9.17) is 4.74 Å². The van der Waals surface area contributed by atoms with Gasteiger partial charge in [-0.2, -0.15) is 0 Å². The predicted molar refractivity (Wildman–Crippen MR) is 62.2 cm³/mol. The van der Waals surface area contributed by atoms with E-state index in [-0.39, 0.29) is 5.82 Å². The lowest BCUT2D eigenvalue weighted by Gasteiger charge is -2.06. The van der Waals surface area contributed by atoms with Crippen molar-refractivity contribution in [1.82, 2.24) is 5.32 Å². The van der Waals surface area contributed by atoms with E-state index in [9.17, 15) is 4.39 Å². The Morgan fingerprint density at radius 3 is 2.88 bits per heavy atom. The highest BCUT2D eigenvalue weighted by Gasteiger charge is 2.19. The van der Waals surface area contributed by atoms with Crippen molar-refractivity contribution in [2.45, 2.75) is 19.3 Å². The molecule has 0 bridgehead atoms. The standard InChI is InChI=1S/C13H18FNO/c1-16-13-5-4-10(8-12(13)14)6-7-15-9-11-2-3-11/h4-5,8,11,15H,2-3,6-7,9H2,1H3. The minimum Gasteiger partial charge on any atom is -0.494 e. The van der Waals surface area contributed by atoms with E-state index in [0.717, 1.165) is 31.0 Å². The van der Waals surface area contributed by atoms with Crippen LogP contribution < -0.4 is 10.1 Å².